The molecule has 1 saturated heterocycles. The quantitative estimate of drug-likeness (QED) is 0.318. The minimum atomic E-state index is -0.999. The Morgan fingerprint density at radius 1 is 1.03 bits per heavy atom. The maximum absolute atomic E-state index is 14.2. The van der Waals surface area contributed by atoms with Crippen molar-refractivity contribution >= 4 is 46.9 Å². The zero-order valence-corrected chi connectivity index (χ0v) is 18.3. The van der Waals surface area contributed by atoms with Crippen LogP contribution in [0.25, 0.3) is 6.08 Å². The Labute approximate surface area is 199 Å². The number of carbonyl (C=O) groups is 3. The number of carboxylic acid groups (broad SMARTS) is 1. The molecule has 2 N–H and O–H groups in total. The largest absolute Gasteiger partial charge is 0.489 e. The summed E-state index contributed by atoms with van der Waals surface area (Å²) >= 11 is 5.08. The highest BCUT2D eigenvalue weighted by Crippen LogP contribution is 2.25. The molecule has 9 heteroatoms. The maximum atomic E-state index is 14.2. The van der Waals surface area contributed by atoms with E-state index in [-0.39, 0.29) is 28.5 Å². The van der Waals surface area contributed by atoms with Crippen LogP contribution in [-0.2, 0) is 16.2 Å². The molecule has 0 unspecified atom stereocenters. The number of thiocarbonyl (C=S) groups is 1. The minimum absolute atomic E-state index is 0.0523. The molecule has 0 spiro atoms. The van der Waals surface area contributed by atoms with E-state index >= 15 is 0 Å². The lowest BCUT2D eigenvalue weighted by Crippen LogP contribution is -2.54. The third-order valence-electron chi connectivity index (χ3n) is 4.99. The molecule has 3 aromatic rings. The molecule has 1 fully saturated rings. The van der Waals surface area contributed by atoms with Crippen LogP contribution in [0, 0.1) is 5.82 Å². The lowest BCUT2D eigenvalue weighted by molar-refractivity contribution is -0.122. The number of rotatable bonds is 6. The molecule has 0 radical (unpaired) electrons. The van der Waals surface area contributed by atoms with E-state index in [4.69, 9.17) is 22.1 Å². The topological polar surface area (TPSA) is 95.9 Å². The third kappa shape index (κ3) is 4.84. The molecule has 170 valence electrons. The lowest BCUT2D eigenvalue weighted by atomic mass is 10.1. The van der Waals surface area contributed by atoms with Crippen molar-refractivity contribution < 1.29 is 28.6 Å². The average Bonchev–Trinajstić information content (AvgIpc) is 2.82. The van der Waals surface area contributed by atoms with Gasteiger partial charge >= 0.3 is 5.97 Å². The number of carboxylic acids is 1. The Kier molecular flexibility index (Phi) is 6.46. The van der Waals surface area contributed by atoms with Crippen molar-refractivity contribution in [2.75, 3.05) is 4.90 Å². The first kappa shape index (κ1) is 22.8. The molecule has 3 aromatic carbocycles. The van der Waals surface area contributed by atoms with Gasteiger partial charge in [-0.05, 0) is 65.8 Å². The Bertz CT molecular complexity index is 1320. The first-order chi connectivity index (χ1) is 16.3. The normalized spacial score (nSPS) is 14.8. The predicted molar refractivity (Wildman–Crippen MR) is 127 cm³/mol. The van der Waals surface area contributed by atoms with Gasteiger partial charge in [-0.1, -0.05) is 36.4 Å². The highest BCUT2D eigenvalue weighted by Gasteiger charge is 2.35. The van der Waals surface area contributed by atoms with Gasteiger partial charge in [0.1, 0.15) is 23.7 Å². The van der Waals surface area contributed by atoms with Crippen LogP contribution >= 0.6 is 12.2 Å². The summed E-state index contributed by atoms with van der Waals surface area (Å²) in [4.78, 5) is 37.3. The molecule has 0 aliphatic carbocycles. The summed E-state index contributed by atoms with van der Waals surface area (Å²) in [6, 6.07) is 18.6. The summed E-state index contributed by atoms with van der Waals surface area (Å²) in [5.74, 6) is -2.51. The number of para-hydroxylation sites is 1. The van der Waals surface area contributed by atoms with Crippen molar-refractivity contribution in [3.63, 3.8) is 0 Å². The Hall–Kier alpha value is -4.37. The molecule has 1 heterocycles. The van der Waals surface area contributed by atoms with Crippen molar-refractivity contribution in [3.05, 3.63) is 101 Å². The zero-order chi connectivity index (χ0) is 24.2. The zero-order valence-electron chi connectivity index (χ0n) is 17.5. The van der Waals surface area contributed by atoms with Crippen molar-refractivity contribution in [1.82, 2.24) is 5.32 Å². The number of nitrogens with zero attached hydrogens (tertiary/aromatic N) is 1. The van der Waals surface area contributed by atoms with Crippen LogP contribution in [0.3, 0.4) is 0 Å². The molecule has 0 atom stereocenters. The first-order valence-electron chi connectivity index (χ1n) is 10.0. The smallest absolute Gasteiger partial charge is 0.335 e. The average molecular weight is 476 g/mol. The van der Waals surface area contributed by atoms with E-state index in [1.165, 1.54) is 36.4 Å². The first-order valence-corrected chi connectivity index (χ1v) is 10.5. The van der Waals surface area contributed by atoms with E-state index in [1.54, 1.807) is 42.5 Å². The second-order valence-electron chi connectivity index (χ2n) is 7.27. The summed E-state index contributed by atoms with van der Waals surface area (Å²) in [6.45, 7) is 0.232. The minimum Gasteiger partial charge on any atom is -0.489 e. The van der Waals surface area contributed by atoms with Crippen LogP contribution in [0.15, 0.2) is 78.4 Å². The highest BCUT2D eigenvalue weighted by molar-refractivity contribution is 7.80. The van der Waals surface area contributed by atoms with E-state index in [0.717, 1.165) is 10.5 Å². The SMILES string of the molecule is O=C1NC(=S)N(c2ccccc2F)C(=O)/C1=C/c1ccc(OCc2ccc(C(=O)O)cc2)cc1. The van der Waals surface area contributed by atoms with Crippen molar-refractivity contribution in [1.29, 1.82) is 0 Å². The summed E-state index contributed by atoms with van der Waals surface area (Å²) in [7, 11) is 0. The summed E-state index contributed by atoms with van der Waals surface area (Å²) in [5.41, 5.74) is 1.30. The number of halogens is 1. The van der Waals surface area contributed by atoms with Gasteiger partial charge in [-0.3, -0.25) is 14.9 Å². The monoisotopic (exact) mass is 476 g/mol. The van der Waals surface area contributed by atoms with Crippen LogP contribution in [0.5, 0.6) is 5.75 Å². The molecule has 4 rings (SSSR count). The number of carbonyl (C=O) groups excluding carboxylic acids is 2. The number of amides is 2. The number of nitrogens with one attached hydrogen (secondary N) is 1. The number of hydrogen-bond donors (Lipinski definition) is 2. The van der Waals surface area contributed by atoms with E-state index in [9.17, 15) is 18.8 Å². The Morgan fingerprint density at radius 3 is 2.35 bits per heavy atom. The highest BCUT2D eigenvalue weighted by atomic mass is 32.1. The number of ether oxygens (including phenoxy) is 1. The third-order valence-corrected chi connectivity index (χ3v) is 5.28. The van der Waals surface area contributed by atoms with Crippen molar-refractivity contribution in [3.8, 4) is 5.75 Å². The fourth-order valence-electron chi connectivity index (χ4n) is 3.25. The molecule has 1 aliphatic rings. The molecule has 34 heavy (non-hydrogen) atoms. The van der Waals surface area contributed by atoms with Crippen LogP contribution < -0.4 is 15.0 Å². The molecular formula is C25H17FN2O5S. The van der Waals surface area contributed by atoms with Crippen LogP contribution in [0.2, 0.25) is 0 Å². The van der Waals surface area contributed by atoms with Gasteiger partial charge in [-0.25, -0.2) is 14.1 Å². The number of aromatic carboxylic acids is 1. The number of hydrogen-bond acceptors (Lipinski definition) is 5. The number of anilines is 1. The summed E-state index contributed by atoms with van der Waals surface area (Å²) < 4.78 is 19.9. The Morgan fingerprint density at radius 2 is 1.71 bits per heavy atom. The van der Waals surface area contributed by atoms with E-state index in [1.807, 2.05) is 0 Å². The van der Waals surface area contributed by atoms with Crippen molar-refractivity contribution in [2.45, 2.75) is 6.61 Å². The van der Waals surface area contributed by atoms with Gasteiger partial charge in [0, 0.05) is 0 Å². The number of benzene rings is 3. The van der Waals surface area contributed by atoms with Gasteiger partial charge < -0.3 is 9.84 Å². The lowest BCUT2D eigenvalue weighted by Gasteiger charge is -2.29. The van der Waals surface area contributed by atoms with Crippen LogP contribution in [0.1, 0.15) is 21.5 Å². The van der Waals surface area contributed by atoms with E-state index < -0.39 is 23.6 Å². The molecule has 7 nitrogen and oxygen atoms in total. The second-order valence-corrected chi connectivity index (χ2v) is 7.66. The Balaban J connectivity index is 1.49. The molecule has 0 bridgehead atoms. The fraction of sp³-hybridized carbons (Fsp3) is 0.0400. The van der Waals surface area contributed by atoms with Crippen molar-refractivity contribution in [2.24, 2.45) is 0 Å². The van der Waals surface area contributed by atoms with Gasteiger partial charge in [0.05, 0.1) is 11.3 Å². The molecule has 0 saturated carbocycles. The van der Waals surface area contributed by atoms with Crippen LogP contribution in [0.4, 0.5) is 10.1 Å². The van der Waals surface area contributed by atoms with Gasteiger partial charge in [0.25, 0.3) is 11.8 Å². The standard InChI is InChI=1S/C25H17FN2O5S/c26-20-3-1-2-4-21(20)28-23(30)19(22(29)27-25(28)34)13-15-7-11-18(12-8-15)33-14-16-5-9-17(10-6-16)24(31)32/h1-13H,14H2,(H,31,32)(H,27,29,34)/b19-13+. The fourth-order valence-corrected chi connectivity index (χ4v) is 3.52. The van der Waals surface area contributed by atoms with Crippen LogP contribution in [-0.4, -0.2) is 28.0 Å². The van der Waals surface area contributed by atoms with E-state index in [0.29, 0.717) is 11.3 Å². The molecule has 2 amide bonds. The maximum Gasteiger partial charge on any atom is 0.335 e. The van der Waals surface area contributed by atoms with E-state index in [2.05, 4.69) is 5.32 Å². The van der Waals surface area contributed by atoms with Gasteiger partial charge in [-0.15, -0.1) is 0 Å². The predicted octanol–water partition coefficient (Wildman–Crippen LogP) is 3.93. The molecular weight excluding hydrogens is 459 g/mol. The summed E-state index contributed by atoms with van der Waals surface area (Å²) in [5, 5.41) is 11.2. The van der Waals surface area contributed by atoms with Gasteiger partial charge in [0.2, 0.25) is 0 Å². The van der Waals surface area contributed by atoms with Gasteiger partial charge in [-0.2, -0.15) is 0 Å². The van der Waals surface area contributed by atoms with Gasteiger partial charge in [0.15, 0.2) is 5.11 Å². The molecule has 1 aliphatic heterocycles. The second kappa shape index (κ2) is 9.63. The molecule has 0 aromatic heterocycles. The summed E-state index contributed by atoms with van der Waals surface area (Å²) in [6.07, 6.45) is 1.39.